The van der Waals surface area contributed by atoms with Crippen molar-refractivity contribution in [2.45, 2.75) is 0 Å². The highest BCUT2D eigenvalue weighted by Crippen LogP contribution is 2.38. The first kappa shape index (κ1) is 19.4. The summed E-state index contributed by atoms with van der Waals surface area (Å²) in [6, 6.07) is 9.61. The number of hydrogen-bond donors (Lipinski definition) is 1. The lowest BCUT2D eigenvalue weighted by Crippen LogP contribution is -1.95. The number of rotatable bonds is 8. The monoisotopic (exact) mass is 356 g/mol. The molecule has 0 bridgehead atoms. The van der Waals surface area contributed by atoms with E-state index in [9.17, 15) is 0 Å². The predicted octanol–water partition coefficient (Wildman–Crippen LogP) is 3.90. The first-order valence-corrected chi connectivity index (χ1v) is 8.10. The lowest BCUT2D eigenvalue weighted by molar-refractivity contribution is 0.324. The van der Waals surface area contributed by atoms with Gasteiger partial charge in [-0.15, -0.1) is 0 Å². The number of hydrogen-bond acceptors (Lipinski definition) is 5. The average Bonchev–Trinajstić information content (AvgIpc) is 2.69. The number of methoxy groups -OCH3 is 4. The van der Waals surface area contributed by atoms with E-state index in [1.165, 1.54) is 0 Å². The molecule has 0 radical (unpaired) electrons. The molecule has 5 heteroatoms. The molecule has 0 aliphatic heterocycles. The van der Waals surface area contributed by atoms with Crippen molar-refractivity contribution in [2.75, 3.05) is 35.0 Å². The van der Waals surface area contributed by atoms with E-state index in [-0.39, 0.29) is 6.61 Å². The fourth-order valence-corrected chi connectivity index (χ4v) is 2.56. The third-order valence-electron chi connectivity index (χ3n) is 3.81. The molecular weight excluding hydrogens is 332 g/mol. The van der Waals surface area contributed by atoms with E-state index in [0.29, 0.717) is 17.2 Å². The van der Waals surface area contributed by atoms with Crippen LogP contribution in [0.1, 0.15) is 16.7 Å². The molecule has 5 nitrogen and oxygen atoms in total. The van der Waals surface area contributed by atoms with E-state index in [4.69, 9.17) is 24.1 Å². The van der Waals surface area contributed by atoms with Crippen molar-refractivity contribution in [3.63, 3.8) is 0 Å². The van der Waals surface area contributed by atoms with Gasteiger partial charge in [-0.05, 0) is 35.4 Å². The van der Waals surface area contributed by atoms with Gasteiger partial charge in [0, 0.05) is 5.56 Å². The normalized spacial score (nSPS) is 11.1. The van der Waals surface area contributed by atoms with Crippen molar-refractivity contribution in [2.24, 2.45) is 0 Å². The fraction of sp³-hybridized carbons (Fsp3) is 0.238. The van der Waals surface area contributed by atoms with Gasteiger partial charge in [0.15, 0.2) is 11.5 Å². The van der Waals surface area contributed by atoms with Crippen LogP contribution in [0.4, 0.5) is 0 Å². The summed E-state index contributed by atoms with van der Waals surface area (Å²) < 4.78 is 21.4. The van der Waals surface area contributed by atoms with Crippen LogP contribution >= 0.6 is 0 Å². The van der Waals surface area contributed by atoms with Crippen molar-refractivity contribution in [1.29, 1.82) is 0 Å². The van der Waals surface area contributed by atoms with E-state index >= 15 is 0 Å². The van der Waals surface area contributed by atoms with Gasteiger partial charge in [0.1, 0.15) is 5.75 Å². The lowest BCUT2D eigenvalue weighted by atomic mass is 10.1. The summed E-state index contributed by atoms with van der Waals surface area (Å²) in [6.45, 7) is -0.0192. The molecule has 0 aliphatic carbocycles. The zero-order valence-electron chi connectivity index (χ0n) is 15.5. The van der Waals surface area contributed by atoms with Gasteiger partial charge < -0.3 is 24.1 Å². The Morgan fingerprint density at radius 3 is 1.88 bits per heavy atom. The molecule has 0 fully saturated rings. The minimum absolute atomic E-state index is 0.0192. The van der Waals surface area contributed by atoms with E-state index in [1.54, 1.807) is 34.5 Å². The third kappa shape index (κ3) is 4.58. The molecule has 0 saturated carbocycles. The molecule has 1 N–H and O–H groups in total. The zero-order valence-corrected chi connectivity index (χ0v) is 15.5. The minimum Gasteiger partial charge on any atom is -0.496 e. The summed E-state index contributed by atoms with van der Waals surface area (Å²) in [5.74, 6) is 2.52. The maximum atomic E-state index is 8.98. The lowest BCUT2D eigenvalue weighted by Gasteiger charge is -2.12. The van der Waals surface area contributed by atoms with Crippen molar-refractivity contribution >= 4 is 18.2 Å². The molecule has 0 heterocycles. The van der Waals surface area contributed by atoms with Gasteiger partial charge in [-0.1, -0.05) is 30.4 Å². The van der Waals surface area contributed by atoms with Gasteiger partial charge in [-0.25, -0.2) is 0 Å². The highest BCUT2D eigenvalue weighted by Gasteiger charge is 2.12. The van der Waals surface area contributed by atoms with E-state index < -0.39 is 0 Å². The Morgan fingerprint density at radius 1 is 0.731 bits per heavy atom. The maximum absolute atomic E-state index is 8.98. The second-order valence-electron chi connectivity index (χ2n) is 5.38. The number of aliphatic hydroxyl groups excluding tert-OH is 1. The Balaban J connectivity index is 2.36. The largest absolute Gasteiger partial charge is 0.496 e. The molecule has 0 aliphatic rings. The van der Waals surface area contributed by atoms with Gasteiger partial charge >= 0.3 is 0 Å². The molecule has 2 rings (SSSR count). The second-order valence-corrected chi connectivity index (χ2v) is 5.38. The first-order valence-electron chi connectivity index (χ1n) is 8.10. The molecule has 0 spiro atoms. The topological polar surface area (TPSA) is 57.2 Å². The molecular formula is C21H24O5. The van der Waals surface area contributed by atoms with Crippen LogP contribution in [-0.2, 0) is 0 Å². The quantitative estimate of drug-likeness (QED) is 0.727. The Labute approximate surface area is 154 Å². The highest BCUT2D eigenvalue weighted by atomic mass is 16.5. The smallest absolute Gasteiger partial charge is 0.203 e. The molecule has 0 amide bonds. The second kappa shape index (κ2) is 9.53. The number of benzene rings is 2. The molecule has 0 atom stereocenters. The predicted molar refractivity (Wildman–Crippen MR) is 104 cm³/mol. The Hall–Kier alpha value is -2.92. The van der Waals surface area contributed by atoms with Crippen LogP contribution < -0.4 is 18.9 Å². The van der Waals surface area contributed by atoms with E-state index in [2.05, 4.69) is 0 Å². The minimum atomic E-state index is -0.0192. The van der Waals surface area contributed by atoms with Crippen LogP contribution in [0.2, 0.25) is 0 Å². The van der Waals surface area contributed by atoms with Crippen LogP contribution in [0.3, 0.4) is 0 Å². The summed E-state index contributed by atoms with van der Waals surface area (Å²) in [7, 11) is 6.38. The van der Waals surface area contributed by atoms with Crippen molar-refractivity contribution in [3.05, 3.63) is 53.1 Å². The molecule has 0 saturated heterocycles. The number of ether oxygens (including phenoxy) is 4. The van der Waals surface area contributed by atoms with Crippen molar-refractivity contribution in [1.82, 2.24) is 0 Å². The molecule has 26 heavy (non-hydrogen) atoms. The third-order valence-corrected chi connectivity index (χ3v) is 3.81. The van der Waals surface area contributed by atoms with Crippen LogP contribution in [0, 0.1) is 0 Å². The van der Waals surface area contributed by atoms with Gasteiger partial charge in [-0.3, -0.25) is 0 Å². The summed E-state index contributed by atoms with van der Waals surface area (Å²) in [4.78, 5) is 0. The zero-order chi connectivity index (χ0) is 18.9. The Morgan fingerprint density at radius 2 is 1.35 bits per heavy atom. The summed E-state index contributed by atoms with van der Waals surface area (Å²) in [5.41, 5.74) is 2.81. The number of aliphatic hydroxyl groups is 1. The Bertz CT molecular complexity index is 768. The maximum Gasteiger partial charge on any atom is 0.203 e. The molecule has 2 aromatic rings. The standard InChI is InChI=1S/C21H24O5/c1-23-18-10-9-15(12-17(18)6-5-11-22)7-8-16-13-19(24-2)21(26-4)20(14-16)25-3/h5-10,12-14,22H,11H2,1-4H3/b6-5+,8-7-. The van der Waals surface area contributed by atoms with Gasteiger partial charge in [0.25, 0.3) is 0 Å². The highest BCUT2D eigenvalue weighted by molar-refractivity contribution is 5.74. The summed E-state index contributed by atoms with van der Waals surface area (Å²) >= 11 is 0. The van der Waals surface area contributed by atoms with Crippen LogP contribution in [0.5, 0.6) is 23.0 Å². The van der Waals surface area contributed by atoms with E-state index in [0.717, 1.165) is 22.4 Å². The molecule has 0 aromatic heterocycles. The van der Waals surface area contributed by atoms with Crippen LogP contribution in [0.15, 0.2) is 36.4 Å². The fourth-order valence-electron chi connectivity index (χ4n) is 2.56. The van der Waals surface area contributed by atoms with Gasteiger partial charge in [0.2, 0.25) is 5.75 Å². The molecule has 0 unspecified atom stereocenters. The molecule has 2 aromatic carbocycles. The van der Waals surface area contributed by atoms with Crippen molar-refractivity contribution < 1.29 is 24.1 Å². The van der Waals surface area contributed by atoms with Crippen LogP contribution in [0.25, 0.3) is 18.2 Å². The first-order chi connectivity index (χ1) is 12.7. The Kier molecular flexibility index (Phi) is 7.12. The summed E-state index contributed by atoms with van der Waals surface area (Å²) in [6.07, 6.45) is 7.45. The van der Waals surface area contributed by atoms with Crippen LogP contribution in [-0.4, -0.2) is 40.2 Å². The SMILES string of the molecule is COc1ccc(/C=C\c2cc(OC)c(OC)c(OC)c2)cc1/C=C/CO. The van der Waals surface area contributed by atoms with Crippen molar-refractivity contribution in [3.8, 4) is 23.0 Å². The van der Waals surface area contributed by atoms with Gasteiger partial charge in [0.05, 0.1) is 35.0 Å². The average molecular weight is 356 g/mol. The van der Waals surface area contributed by atoms with E-state index in [1.807, 2.05) is 48.6 Å². The van der Waals surface area contributed by atoms with Gasteiger partial charge in [-0.2, -0.15) is 0 Å². The summed E-state index contributed by atoms with van der Waals surface area (Å²) in [5, 5.41) is 8.98. The molecule has 138 valence electrons.